The number of hydrogen-bond donors (Lipinski definition) is 0. The first-order chi connectivity index (χ1) is 8.53. The zero-order valence-electron chi connectivity index (χ0n) is 12.8. The quantitative estimate of drug-likeness (QED) is 0.731. The Kier molecular flexibility index (Phi) is 2.84. The molecule has 0 aliphatic rings. The van der Waals surface area contributed by atoms with Crippen LogP contribution in [0.25, 0.3) is 11.0 Å². The third-order valence-corrected chi connectivity index (χ3v) is 3.10. The summed E-state index contributed by atoms with van der Waals surface area (Å²) in [6.45, 7) is 12.2. The average molecular weight is 262 g/mol. The van der Waals surface area contributed by atoms with E-state index < -0.39 is 0 Å². The number of nitrogens with zero attached hydrogens (tertiary/aromatic N) is 4. The maximum absolute atomic E-state index is 12.4. The highest BCUT2D eigenvalue weighted by Gasteiger charge is 2.24. The van der Waals surface area contributed by atoms with Gasteiger partial charge in [0, 0.05) is 18.7 Å². The van der Waals surface area contributed by atoms with Crippen LogP contribution in [0, 0.1) is 0 Å². The zero-order valence-corrected chi connectivity index (χ0v) is 12.8. The molecule has 0 aliphatic heterocycles. The van der Waals surface area contributed by atoms with Crippen LogP contribution in [0.3, 0.4) is 0 Å². The van der Waals surface area contributed by atoms with Gasteiger partial charge >= 0.3 is 0 Å². The van der Waals surface area contributed by atoms with Crippen LogP contribution in [0.2, 0.25) is 0 Å². The summed E-state index contributed by atoms with van der Waals surface area (Å²) in [6.07, 6.45) is 1.65. The van der Waals surface area contributed by atoms with Crippen LogP contribution in [-0.4, -0.2) is 19.3 Å². The molecule has 0 unspecified atom stereocenters. The molecule has 5 heteroatoms. The number of rotatable bonds is 0. The van der Waals surface area contributed by atoms with Gasteiger partial charge in [-0.2, -0.15) is 0 Å². The molecule has 0 radical (unpaired) electrons. The smallest absolute Gasteiger partial charge is 0.267 e. The van der Waals surface area contributed by atoms with E-state index >= 15 is 0 Å². The fourth-order valence-electron chi connectivity index (χ4n) is 2.23. The van der Waals surface area contributed by atoms with Gasteiger partial charge in [-0.3, -0.25) is 9.48 Å². The van der Waals surface area contributed by atoms with E-state index in [1.165, 1.54) is 0 Å². The van der Waals surface area contributed by atoms with E-state index in [0.29, 0.717) is 11.0 Å². The van der Waals surface area contributed by atoms with Gasteiger partial charge in [-0.1, -0.05) is 20.8 Å². The SMILES string of the molecule is Cn1c2nc(C(C)(C)C)ncc2c(=O)n1C(C)(C)C. The van der Waals surface area contributed by atoms with Gasteiger partial charge < -0.3 is 0 Å². The first-order valence-electron chi connectivity index (χ1n) is 6.49. The number of aryl methyl sites for hydroxylation is 1. The molecule has 0 spiro atoms. The second-order valence-electron chi connectivity index (χ2n) is 6.99. The Bertz CT molecular complexity index is 680. The Morgan fingerprint density at radius 3 is 2.16 bits per heavy atom. The van der Waals surface area contributed by atoms with Gasteiger partial charge in [-0.25, -0.2) is 14.6 Å². The van der Waals surface area contributed by atoms with Crippen LogP contribution in [0.5, 0.6) is 0 Å². The molecule has 104 valence electrons. The highest BCUT2D eigenvalue weighted by atomic mass is 16.1. The van der Waals surface area contributed by atoms with Gasteiger partial charge in [0.1, 0.15) is 11.2 Å². The fourth-order valence-corrected chi connectivity index (χ4v) is 2.23. The van der Waals surface area contributed by atoms with Crippen molar-refractivity contribution in [3.8, 4) is 0 Å². The van der Waals surface area contributed by atoms with Crippen LogP contribution in [0.4, 0.5) is 0 Å². The van der Waals surface area contributed by atoms with Crippen LogP contribution < -0.4 is 5.56 Å². The van der Waals surface area contributed by atoms with E-state index in [1.807, 2.05) is 32.5 Å². The number of fused-ring (bicyclic) bond motifs is 1. The second-order valence-corrected chi connectivity index (χ2v) is 6.99. The van der Waals surface area contributed by atoms with Crippen molar-refractivity contribution in [3.63, 3.8) is 0 Å². The van der Waals surface area contributed by atoms with Gasteiger partial charge in [0.15, 0.2) is 5.65 Å². The molecule has 0 amide bonds. The maximum atomic E-state index is 12.4. The Labute approximate surface area is 113 Å². The summed E-state index contributed by atoms with van der Waals surface area (Å²) in [4.78, 5) is 21.3. The van der Waals surface area contributed by atoms with Gasteiger partial charge in [-0.15, -0.1) is 0 Å². The van der Waals surface area contributed by atoms with Gasteiger partial charge in [0.05, 0.1) is 5.54 Å². The molecule has 0 aliphatic carbocycles. The Morgan fingerprint density at radius 1 is 1.11 bits per heavy atom. The molecule has 0 saturated heterocycles. The summed E-state index contributed by atoms with van der Waals surface area (Å²) in [7, 11) is 1.87. The Balaban J connectivity index is 2.83. The van der Waals surface area contributed by atoms with Crippen molar-refractivity contribution in [2.45, 2.75) is 52.5 Å². The predicted octanol–water partition coefficient (Wildman–Crippen LogP) is 2.18. The molecule has 2 rings (SSSR count). The standard InChI is InChI=1S/C14H22N4O/c1-13(2,3)12-15-8-9-10(16-12)17(7)18(11(9)19)14(4,5)6/h8H,1-7H3. The van der Waals surface area contributed by atoms with Crippen molar-refractivity contribution in [3.05, 3.63) is 22.4 Å². The molecule has 19 heavy (non-hydrogen) atoms. The van der Waals surface area contributed by atoms with Gasteiger partial charge in [-0.05, 0) is 20.8 Å². The molecular weight excluding hydrogens is 240 g/mol. The molecule has 0 atom stereocenters. The van der Waals surface area contributed by atoms with Crippen molar-refractivity contribution < 1.29 is 0 Å². The van der Waals surface area contributed by atoms with Gasteiger partial charge in [0.2, 0.25) is 0 Å². The van der Waals surface area contributed by atoms with Crippen LogP contribution in [-0.2, 0) is 18.0 Å². The molecule has 2 aromatic rings. The lowest BCUT2D eigenvalue weighted by Gasteiger charge is -2.22. The highest BCUT2D eigenvalue weighted by Crippen LogP contribution is 2.21. The minimum atomic E-state index is -0.283. The van der Waals surface area contributed by atoms with Crippen molar-refractivity contribution >= 4 is 11.0 Å². The molecule has 5 nitrogen and oxygen atoms in total. The summed E-state index contributed by atoms with van der Waals surface area (Å²) in [5.74, 6) is 0.752. The predicted molar refractivity (Wildman–Crippen MR) is 76.5 cm³/mol. The Morgan fingerprint density at radius 2 is 1.68 bits per heavy atom. The minimum Gasteiger partial charge on any atom is -0.267 e. The average Bonchev–Trinajstić information content (AvgIpc) is 2.49. The first kappa shape index (κ1) is 13.8. The lowest BCUT2D eigenvalue weighted by Crippen LogP contribution is -2.35. The van der Waals surface area contributed by atoms with Crippen molar-refractivity contribution in [1.29, 1.82) is 0 Å². The van der Waals surface area contributed by atoms with Crippen molar-refractivity contribution in [1.82, 2.24) is 19.3 Å². The fraction of sp³-hybridized carbons (Fsp3) is 0.643. The third kappa shape index (κ3) is 2.17. The van der Waals surface area contributed by atoms with Gasteiger partial charge in [0.25, 0.3) is 5.56 Å². The number of hydrogen-bond acceptors (Lipinski definition) is 3. The lowest BCUT2D eigenvalue weighted by atomic mass is 9.96. The van der Waals surface area contributed by atoms with Crippen LogP contribution in [0.1, 0.15) is 47.4 Å². The number of aromatic nitrogens is 4. The molecule has 2 heterocycles. The molecule has 0 bridgehead atoms. The highest BCUT2D eigenvalue weighted by molar-refractivity contribution is 5.73. The molecular formula is C14H22N4O. The van der Waals surface area contributed by atoms with E-state index in [9.17, 15) is 4.79 Å². The molecule has 0 saturated carbocycles. The minimum absolute atomic E-state index is 0.0366. The van der Waals surface area contributed by atoms with E-state index in [-0.39, 0.29) is 16.5 Å². The maximum Gasteiger partial charge on any atom is 0.278 e. The summed E-state index contributed by atoms with van der Waals surface area (Å²) >= 11 is 0. The van der Waals surface area contributed by atoms with E-state index in [2.05, 4.69) is 30.7 Å². The molecule has 0 fully saturated rings. The molecule has 2 aromatic heterocycles. The molecule has 0 N–H and O–H groups in total. The normalized spacial score (nSPS) is 13.2. The Hall–Kier alpha value is -1.65. The lowest BCUT2D eigenvalue weighted by molar-refractivity contribution is 0.306. The van der Waals surface area contributed by atoms with E-state index in [1.54, 1.807) is 10.9 Å². The summed E-state index contributed by atoms with van der Waals surface area (Å²) in [5, 5.41) is 0.574. The second kappa shape index (κ2) is 3.92. The van der Waals surface area contributed by atoms with Crippen LogP contribution >= 0.6 is 0 Å². The topological polar surface area (TPSA) is 52.7 Å². The van der Waals surface area contributed by atoms with E-state index in [0.717, 1.165) is 5.82 Å². The largest absolute Gasteiger partial charge is 0.278 e. The summed E-state index contributed by atoms with van der Waals surface area (Å²) in [6, 6.07) is 0. The molecule has 0 aromatic carbocycles. The zero-order chi connectivity index (χ0) is 14.6. The van der Waals surface area contributed by atoms with E-state index in [4.69, 9.17) is 0 Å². The third-order valence-electron chi connectivity index (χ3n) is 3.10. The van der Waals surface area contributed by atoms with Crippen molar-refractivity contribution in [2.75, 3.05) is 0 Å². The summed E-state index contributed by atoms with van der Waals surface area (Å²) < 4.78 is 3.55. The first-order valence-corrected chi connectivity index (χ1v) is 6.49. The van der Waals surface area contributed by atoms with Crippen LogP contribution in [0.15, 0.2) is 11.0 Å². The van der Waals surface area contributed by atoms with Crippen molar-refractivity contribution in [2.24, 2.45) is 7.05 Å². The summed E-state index contributed by atoms with van der Waals surface area (Å²) in [5.41, 5.74) is 0.244. The monoisotopic (exact) mass is 262 g/mol.